The second-order valence-electron chi connectivity index (χ2n) is 6.94. The Balaban J connectivity index is 1.76. The Labute approximate surface area is 167 Å². The first-order chi connectivity index (χ1) is 14.2. The minimum absolute atomic E-state index is 0.621. The molecule has 5 rings (SSSR count). The van der Waals surface area contributed by atoms with Gasteiger partial charge in [-0.2, -0.15) is 0 Å². The van der Waals surface area contributed by atoms with Crippen molar-refractivity contribution in [2.24, 2.45) is 0 Å². The number of imidazole rings is 2. The van der Waals surface area contributed by atoms with Crippen molar-refractivity contribution >= 4 is 17.0 Å². The van der Waals surface area contributed by atoms with Crippen LogP contribution in [0.15, 0.2) is 30.7 Å². The number of hydrogen-bond acceptors (Lipinski definition) is 7. The lowest BCUT2D eigenvalue weighted by Gasteiger charge is -2.28. The first-order valence-corrected chi connectivity index (χ1v) is 9.78. The van der Waals surface area contributed by atoms with Crippen molar-refractivity contribution in [2.75, 3.05) is 31.2 Å². The largest absolute Gasteiger partial charge is 0.378 e. The van der Waals surface area contributed by atoms with Crippen LogP contribution in [-0.2, 0) is 11.3 Å². The third-order valence-corrected chi connectivity index (χ3v) is 5.09. The van der Waals surface area contributed by atoms with Gasteiger partial charge in [-0.15, -0.1) is 0 Å². The molecule has 1 N–H and O–H groups in total. The first kappa shape index (κ1) is 17.7. The Morgan fingerprint density at radius 2 is 1.90 bits per heavy atom. The lowest BCUT2D eigenvalue weighted by Crippen LogP contribution is -2.37. The topological polar surface area (TPSA) is 97.6 Å². The highest BCUT2D eigenvalue weighted by atomic mass is 16.5. The van der Waals surface area contributed by atoms with Gasteiger partial charge >= 0.3 is 0 Å². The monoisotopic (exact) mass is 390 g/mol. The number of morpholine rings is 1. The Bertz CT molecular complexity index is 1140. The molecule has 0 spiro atoms. The number of nitrogens with one attached hydrogen (secondary N) is 1. The molecule has 29 heavy (non-hydrogen) atoms. The number of pyridine rings is 1. The maximum absolute atomic E-state index is 5.54. The number of fused-ring (bicyclic) bond motifs is 1. The number of anilines is 1. The second kappa shape index (κ2) is 7.25. The molecule has 0 aliphatic carbocycles. The van der Waals surface area contributed by atoms with Gasteiger partial charge in [0, 0.05) is 37.6 Å². The molecule has 4 aromatic rings. The molecule has 0 bridgehead atoms. The normalized spacial score (nSPS) is 14.6. The zero-order valence-corrected chi connectivity index (χ0v) is 16.5. The van der Waals surface area contributed by atoms with E-state index in [4.69, 9.17) is 19.7 Å². The number of aromatic amines is 1. The van der Waals surface area contributed by atoms with Gasteiger partial charge in [0.2, 0.25) is 0 Å². The van der Waals surface area contributed by atoms with Gasteiger partial charge in [0.25, 0.3) is 0 Å². The molecule has 9 nitrogen and oxygen atoms in total. The summed E-state index contributed by atoms with van der Waals surface area (Å²) in [4.78, 5) is 28.6. The minimum atomic E-state index is 0.621. The van der Waals surface area contributed by atoms with Crippen LogP contribution in [0.5, 0.6) is 0 Å². The molecule has 148 valence electrons. The number of H-pyrrole nitrogens is 1. The molecule has 4 aromatic heterocycles. The predicted octanol–water partition coefficient (Wildman–Crippen LogP) is 2.44. The number of rotatable bonds is 4. The highest BCUT2D eigenvalue weighted by Gasteiger charge is 2.24. The van der Waals surface area contributed by atoms with E-state index in [1.54, 1.807) is 18.6 Å². The maximum atomic E-state index is 5.54. The van der Waals surface area contributed by atoms with Crippen molar-refractivity contribution in [2.45, 2.75) is 20.4 Å². The summed E-state index contributed by atoms with van der Waals surface area (Å²) in [6, 6.07) is 3.93. The van der Waals surface area contributed by atoms with E-state index in [1.807, 2.05) is 19.1 Å². The number of ether oxygens (including phenoxy) is 1. The fourth-order valence-electron chi connectivity index (χ4n) is 3.66. The van der Waals surface area contributed by atoms with Crippen LogP contribution in [-0.4, -0.2) is 60.8 Å². The SMILES string of the molecule is CCn1c(-c2ccncc2)nc2c(N3CCOCC3)nc(-c3cnc(C)[nH]3)nc21. The molecule has 0 radical (unpaired) electrons. The van der Waals surface area contributed by atoms with Crippen LogP contribution in [0.2, 0.25) is 0 Å². The average Bonchev–Trinajstić information content (AvgIpc) is 3.37. The van der Waals surface area contributed by atoms with Gasteiger partial charge in [0.15, 0.2) is 22.8 Å². The van der Waals surface area contributed by atoms with Crippen LogP contribution in [0.25, 0.3) is 34.1 Å². The molecular weight excluding hydrogens is 368 g/mol. The standard InChI is InChI=1S/C20H22N8O/c1-3-28-18(14-4-6-21-7-5-14)24-16-19(27-8-10-29-11-9-27)25-17(26-20(16)28)15-12-22-13(2)23-15/h4-7,12H,3,8-11H2,1-2H3,(H,22,23). The molecule has 0 atom stereocenters. The van der Waals surface area contributed by atoms with Crippen molar-refractivity contribution in [3.8, 4) is 22.9 Å². The molecule has 0 aromatic carbocycles. The van der Waals surface area contributed by atoms with Gasteiger partial charge in [-0.3, -0.25) is 4.98 Å². The Hall–Kier alpha value is -3.33. The summed E-state index contributed by atoms with van der Waals surface area (Å²) in [6.45, 7) is 7.67. The molecule has 5 heterocycles. The summed E-state index contributed by atoms with van der Waals surface area (Å²) in [7, 11) is 0. The summed E-state index contributed by atoms with van der Waals surface area (Å²) in [6.07, 6.45) is 5.33. The van der Waals surface area contributed by atoms with Crippen LogP contribution in [0.1, 0.15) is 12.7 Å². The van der Waals surface area contributed by atoms with Gasteiger partial charge in [0.05, 0.1) is 19.4 Å². The van der Waals surface area contributed by atoms with Crippen molar-refractivity contribution < 1.29 is 4.74 Å². The zero-order valence-electron chi connectivity index (χ0n) is 16.5. The van der Waals surface area contributed by atoms with E-state index in [2.05, 4.69) is 31.3 Å². The number of aryl methyl sites for hydroxylation is 2. The number of aromatic nitrogens is 7. The van der Waals surface area contributed by atoms with Gasteiger partial charge in [-0.05, 0) is 26.0 Å². The summed E-state index contributed by atoms with van der Waals surface area (Å²) >= 11 is 0. The van der Waals surface area contributed by atoms with Crippen LogP contribution in [0.3, 0.4) is 0 Å². The van der Waals surface area contributed by atoms with E-state index < -0.39 is 0 Å². The lowest BCUT2D eigenvalue weighted by molar-refractivity contribution is 0.122. The molecular formula is C20H22N8O. The fourth-order valence-corrected chi connectivity index (χ4v) is 3.66. The lowest BCUT2D eigenvalue weighted by atomic mass is 10.2. The Morgan fingerprint density at radius 1 is 1.10 bits per heavy atom. The van der Waals surface area contributed by atoms with E-state index >= 15 is 0 Å². The molecule has 1 saturated heterocycles. The summed E-state index contributed by atoms with van der Waals surface area (Å²) in [5, 5.41) is 0. The van der Waals surface area contributed by atoms with E-state index in [0.717, 1.165) is 59.5 Å². The summed E-state index contributed by atoms with van der Waals surface area (Å²) in [5.41, 5.74) is 3.43. The van der Waals surface area contributed by atoms with E-state index in [-0.39, 0.29) is 0 Å². The molecule has 1 fully saturated rings. The maximum Gasteiger partial charge on any atom is 0.181 e. The Kier molecular flexibility index (Phi) is 4.44. The predicted molar refractivity (Wildman–Crippen MR) is 110 cm³/mol. The van der Waals surface area contributed by atoms with Crippen molar-refractivity contribution in [1.29, 1.82) is 0 Å². The van der Waals surface area contributed by atoms with Crippen LogP contribution in [0.4, 0.5) is 5.82 Å². The first-order valence-electron chi connectivity index (χ1n) is 9.78. The van der Waals surface area contributed by atoms with Crippen LogP contribution >= 0.6 is 0 Å². The number of nitrogens with zero attached hydrogens (tertiary/aromatic N) is 7. The van der Waals surface area contributed by atoms with E-state index in [1.165, 1.54) is 0 Å². The summed E-state index contributed by atoms with van der Waals surface area (Å²) in [5.74, 6) is 3.16. The van der Waals surface area contributed by atoms with Crippen LogP contribution < -0.4 is 4.90 Å². The Morgan fingerprint density at radius 3 is 2.59 bits per heavy atom. The number of hydrogen-bond donors (Lipinski definition) is 1. The van der Waals surface area contributed by atoms with Gasteiger partial charge < -0.3 is 19.2 Å². The highest BCUT2D eigenvalue weighted by Crippen LogP contribution is 2.31. The third kappa shape index (κ3) is 3.13. The third-order valence-electron chi connectivity index (χ3n) is 5.09. The molecule has 1 aliphatic heterocycles. The van der Waals surface area contributed by atoms with Crippen molar-refractivity contribution in [3.05, 3.63) is 36.5 Å². The highest BCUT2D eigenvalue weighted by molar-refractivity contribution is 5.88. The van der Waals surface area contributed by atoms with Gasteiger partial charge in [0.1, 0.15) is 17.3 Å². The minimum Gasteiger partial charge on any atom is -0.378 e. The molecule has 1 aliphatic rings. The molecule has 0 amide bonds. The zero-order chi connectivity index (χ0) is 19.8. The quantitative estimate of drug-likeness (QED) is 0.571. The molecule has 9 heteroatoms. The molecule has 0 saturated carbocycles. The van der Waals surface area contributed by atoms with Gasteiger partial charge in [-0.25, -0.2) is 19.9 Å². The summed E-state index contributed by atoms with van der Waals surface area (Å²) < 4.78 is 7.67. The second-order valence-corrected chi connectivity index (χ2v) is 6.94. The van der Waals surface area contributed by atoms with Crippen molar-refractivity contribution in [1.82, 2.24) is 34.5 Å². The average molecular weight is 390 g/mol. The smallest absolute Gasteiger partial charge is 0.181 e. The molecule has 0 unspecified atom stereocenters. The van der Waals surface area contributed by atoms with Gasteiger partial charge in [-0.1, -0.05) is 0 Å². The van der Waals surface area contributed by atoms with Crippen molar-refractivity contribution in [3.63, 3.8) is 0 Å². The fraction of sp³-hybridized carbons (Fsp3) is 0.350. The van der Waals surface area contributed by atoms with E-state index in [0.29, 0.717) is 19.0 Å². The van der Waals surface area contributed by atoms with E-state index in [9.17, 15) is 0 Å². The van der Waals surface area contributed by atoms with Crippen LogP contribution in [0, 0.1) is 6.92 Å².